The number of nitrogens with two attached hydrogens (primary N) is 1. The number of pyridine rings is 1. The number of anilines is 2. The van der Waals surface area contributed by atoms with E-state index in [1.165, 1.54) is 0 Å². The van der Waals surface area contributed by atoms with Crippen molar-refractivity contribution in [2.45, 2.75) is 103 Å². The molecular weight excluding hydrogens is 448 g/mol. The van der Waals surface area contributed by atoms with Gasteiger partial charge in [0.2, 0.25) is 0 Å². The van der Waals surface area contributed by atoms with Crippen molar-refractivity contribution >= 4 is 25.8 Å². The maximum Gasteiger partial charge on any atom is 0.408 e. The number of hydrogen-bond donors (Lipinski definition) is 3. The molecule has 0 aromatic carbocycles. The molecule has 34 heavy (non-hydrogen) atoms. The van der Waals surface area contributed by atoms with Crippen LogP contribution in [-0.2, 0) is 15.6 Å². The molecule has 2 aliphatic rings. The molecule has 1 aliphatic heterocycles. The highest BCUT2D eigenvalue weighted by Crippen LogP contribution is 2.42. The van der Waals surface area contributed by atoms with Crippen molar-refractivity contribution in [2.24, 2.45) is 5.92 Å². The van der Waals surface area contributed by atoms with Gasteiger partial charge in [0.15, 0.2) is 8.32 Å². The Morgan fingerprint density at radius 3 is 2.47 bits per heavy atom. The molecule has 0 bridgehead atoms. The Labute approximate surface area is 205 Å². The summed E-state index contributed by atoms with van der Waals surface area (Å²) in [6, 6.07) is -0.276. The largest absolute Gasteiger partial charge is 0.444 e. The maximum absolute atomic E-state index is 12.8. The lowest BCUT2D eigenvalue weighted by Gasteiger charge is -2.49. The number of piperidine rings is 1. The number of rotatable bonds is 4. The highest BCUT2D eigenvalue weighted by Gasteiger charge is 2.45. The quantitative estimate of drug-likeness (QED) is 0.535. The average molecular weight is 493 g/mol. The first-order valence-electron chi connectivity index (χ1n) is 12.4. The fourth-order valence-corrected chi connectivity index (χ4v) is 6.08. The third kappa shape index (κ3) is 5.68. The Balaban J connectivity index is 1.94. The standard InChI is InChI=1S/C25H44N4O4Si/c1-15-13-29(21-16-10-11-19(30)20(16)27-12-17(21)26)14-18(28-23(31)32-24(2,3)4)22(15)33-34(8,9)25(5,6)7/h12,15,18-19,22,30H,10-11,13-14,26H2,1-9H3,(H,28,31)/t15-,18+,19+,22+/m0/s1. The summed E-state index contributed by atoms with van der Waals surface area (Å²) >= 11 is 0. The van der Waals surface area contributed by atoms with Crippen molar-refractivity contribution < 1.29 is 19.1 Å². The molecule has 1 fully saturated rings. The maximum atomic E-state index is 12.8. The zero-order valence-corrected chi connectivity index (χ0v) is 23.4. The molecule has 3 rings (SSSR count). The summed E-state index contributed by atoms with van der Waals surface area (Å²) in [6.45, 7) is 20.2. The van der Waals surface area contributed by atoms with Gasteiger partial charge in [0, 0.05) is 24.6 Å². The second kappa shape index (κ2) is 9.31. The van der Waals surface area contributed by atoms with Gasteiger partial charge in [-0.3, -0.25) is 4.98 Å². The fraction of sp³-hybridized carbons (Fsp3) is 0.760. The number of alkyl carbamates (subject to hydrolysis) is 1. The van der Waals surface area contributed by atoms with Crippen LogP contribution in [0.1, 0.15) is 72.2 Å². The zero-order valence-electron chi connectivity index (χ0n) is 22.4. The topological polar surface area (TPSA) is 110 Å². The van der Waals surface area contributed by atoms with Crippen LogP contribution in [0, 0.1) is 5.92 Å². The van der Waals surface area contributed by atoms with Crippen LogP contribution in [0.15, 0.2) is 6.20 Å². The molecule has 0 radical (unpaired) electrons. The molecule has 1 aliphatic carbocycles. The monoisotopic (exact) mass is 492 g/mol. The van der Waals surface area contributed by atoms with E-state index in [1.807, 2.05) is 20.8 Å². The van der Waals surface area contributed by atoms with Gasteiger partial charge in [0.1, 0.15) is 5.60 Å². The molecule has 9 heteroatoms. The molecule has 2 heterocycles. The lowest BCUT2D eigenvalue weighted by molar-refractivity contribution is 0.0336. The van der Waals surface area contributed by atoms with Gasteiger partial charge in [0.25, 0.3) is 0 Å². The minimum Gasteiger partial charge on any atom is -0.444 e. The van der Waals surface area contributed by atoms with E-state index in [1.54, 1.807) is 6.20 Å². The molecule has 4 atom stereocenters. The summed E-state index contributed by atoms with van der Waals surface area (Å²) in [5.41, 5.74) is 9.08. The van der Waals surface area contributed by atoms with Crippen LogP contribution >= 0.6 is 0 Å². The average Bonchev–Trinajstić information content (AvgIpc) is 3.02. The van der Waals surface area contributed by atoms with Gasteiger partial charge in [-0.2, -0.15) is 0 Å². The minimum atomic E-state index is -2.09. The molecule has 1 aromatic rings. The van der Waals surface area contributed by atoms with Gasteiger partial charge >= 0.3 is 6.09 Å². The molecular formula is C25H44N4O4Si. The van der Waals surface area contributed by atoms with E-state index in [2.05, 4.69) is 56.0 Å². The van der Waals surface area contributed by atoms with E-state index in [9.17, 15) is 9.90 Å². The number of aliphatic hydroxyl groups is 1. The van der Waals surface area contributed by atoms with Crippen LogP contribution < -0.4 is 16.0 Å². The highest BCUT2D eigenvalue weighted by molar-refractivity contribution is 6.74. The molecule has 1 amide bonds. The number of carbonyl (C=O) groups is 1. The SMILES string of the molecule is C[C@H]1CN(c2c(N)cnc3c2CC[C@H]3O)C[C@@H](NC(=O)OC(C)(C)C)[C@@H]1O[Si](C)(C)C(C)(C)C. The first kappa shape index (κ1) is 26.8. The number of fused-ring (bicyclic) bond motifs is 1. The fourth-order valence-electron chi connectivity index (χ4n) is 4.65. The van der Waals surface area contributed by atoms with Crippen molar-refractivity contribution in [1.82, 2.24) is 10.3 Å². The number of hydrogen-bond acceptors (Lipinski definition) is 7. The third-order valence-corrected chi connectivity index (χ3v) is 11.8. The Morgan fingerprint density at radius 2 is 1.88 bits per heavy atom. The molecule has 0 unspecified atom stereocenters. The molecule has 0 saturated carbocycles. The van der Waals surface area contributed by atoms with Gasteiger partial charge in [-0.15, -0.1) is 0 Å². The molecule has 0 spiro atoms. The van der Waals surface area contributed by atoms with Crippen LogP contribution in [-0.4, -0.2) is 55.3 Å². The Kier molecular flexibility index (Phi) is 7.33. The van der Waals surface area contributed by atoms with Crippen LogP contribution in [0.25, 0.3) is 0 Å². The van der Waals surface area contributed by atoms with Gasteiger partial charge in [0.05, 0.1) is 41.5 Å². The predicted molar refractivity (Wildman–Crippen MR) is 139 cm³/mol. The normalized spacial score (nSPS) is 25.8. The van der Waals surface area contributed by atoms with Crippen LogP contribution in [0.2, 0.25) is 18.1 Å². The van der Waals surface area contributed by atoms with Gasteiger partial charge in [-0.05, 0) is 51.7 Å². The first-order chi connectivity index (χ1) is 15.5. The van der Waals surface area contributed by atoms with Gasteiger partial charge in [-0.25, -0.2) is 4.79 Å². The lowest BCUT2D eigenvalue weighted by atomic mass is 9.91. The number of ether oxygens (including phenoxy) is 1. The second-order valence-electron chi connectivity index (χ2n) is 12.5. The minimum absolute atomic E-state index is 0.0484. The number of nitrogens with zero attached hydrogens (tertiary/aromatic N) is 2. The summed E-state index contributed by atoms with van der Waals surface area (Å²) in [6.07, 6.45) is 1.89. The van der Waals surface area contributed by atoms with Crippen molar-refractivity contribution in [3.63, 3.8) is 0 Å². The Morgan fingerprint density at radius 1 is 1.24 bits per heavy atom. The smallest absolute Gasteiger partial charge is 0.408 e. The molecule has 1 saturated heterocycles. The zero-order chi connectivity index (χ0) is 25.6. The molecule has 1 aromatic heterocycles. The number of carbonyl (C=O) groups excluding carboxylic acids is 1. The summed E-state index contributed by atoms with van der Waals surface area (Å²) in [5.74, 6) is 0.136. The predicted octanol–water partition coefficient (Wildman–Crippen LogP) is 4.38. The molecule has 8 nitrogen and oxygen atoms in total. The summed E-state index contributed by atoms with van der Waals surface area (Å²) in [7, 11) is -2.09. The highest BCUT2D eigenvalue weighted by atomic mass is 28.4. The number of aromatic nitrogens is 1. The van der Waals surface area contributed by atoms with Crippen LogP contribution in [0.3, 0.4) is 0 Å². The van der Waals surface area contributed by atoms with E-state index in [4.69, 9.17) is 14.9 Å². The van der Waals surface area contributed by atoms with E-state index >= 15 is 0 Å². The van der Waals surface area contributed by atoms with E-state index in [-0.39, 0.29) is 23.1 Å². The van der Waals surface area contributed by atoms with Crippen LogP contribution in [0.4, 0.5) is 16.2 Å². The van der Waals surface area contributed by atoms with E-state index < -0.39 is 26.1 Å². The summed E-state index contributed by atoms with van der Waals surface area (Å²) in [5, 5.41) is 13.5. The van der Waals surface area contributed by atoms with Gasteiger partial charge < -0.3 is 30.2 Å². The molecule has 192 valence electrons. The van der Waals surface area contributed by atoms with Crippen molar-refractivity contribution in [3.8, 4) is 0 Å². The first-order valence-corrected chi connectivity index (χ1v) is 15.3. The second-order valence-corrected chi connectivity index (χ2v) is 17.2. The third-order valence-electron chi connectivity index (χ3n) is 7.33. The number of amides is 1. The van der Waals surface area contributed by atoms with Crippen molar-refractivity contribution in [1.29, 1.82) is 0 Å². The van der Waals surface area contributed by atoms with Crippen molar-refractivity contribution in [2.75, 3.05) is 23.7 Å². The van der Waals surface area contributed by atoms with Gasteiger partial charge in [-0.1, -0.05) is 27.7 Å². The van der Waals surface area contributed by atoms with E-state index in [0.717, 1.165) is 24.2 Å². The Bertz CT molecular complexity index is 909. The number of aliphatic hydroxyl groups excluding tert-OH is 1. The lowest BCUT2D eigenvalue weighted by Crippen LogP contribution is -2.63. The molecule has 4 N–H and O–H groups in total. The van der Waals surface area contributed by atoms with E-state index in [0.29, 0.717) is 24.3 Å². The van der Waals surface area contributed by atoms with Crippen molar-refractivity contribution in [3.05, 3.63) is 17.5 Å². The summed E-state index contributed by atoms with van der Waals surface area (Å²) in [4.78, 5) is 19.4. The van der Waals surface area contributed by atoms with Crippen LogP contribution in [0.5, 0.6) is 0 Å². The number of nitrogens with one attached hydrogen (secondary N) is 1. The number of nitrogen functional groups attached to an aromatic ring is 1. The summed E-state index contributed by atoms with van der Waals surface area (Å²) < 4.78 is 12.5. The Hall–Kier alpha value is -1.84.